The van der Waals surface area contributed by atoms with Crippen molar-refractivity contribution in [3.63, 3.8) is 0 Å². The number of aromatic nitrogens is 3. The fraction of sp³-hybridized carbons (Fsp3) is 0.188. The van der Waals surface area contributed by atoms with Gasteiger partial charge in [0.2, 0.25) is 5.76 Å². The molecule has 0 fully saturated rings. The number of methoxy groups -OCH3 is 1. The molecule has 7 nitrogen and oxygen atoms in total. The van der Waals surface area contributed by atoms with E-state index in [-0.39, 0.29) is 11.6 Å². The van der Waals surface area contributed by atoms with Gasteiger partial charge in [0.05, 0.1) is 18.9 Å². The Hall–Kier alpha value is -3.09. The van der Waals surface area contributed by atoms with Gasteiger partial charge >= 0.3 is 5.97 Å². The zero-order valence-electron chi connectivity index (χ0n) is 12.7. The van der Waals surface area contributed by atoms with Crippen molar-refractivity contribution in [1.82, 2.24) is 14.9 Å². The molecule has 3 aromatic rings. The first-order valence-corrected chi connectivity index (χ1v) is 6.99. The molecular formula is C16H15N3O4. The van der Waals surface area contributed by atoms with Crippen LogP contribution in [-0.4, -0.2) is 28.0 Å². The second kappa shape index (κ2) is 6.35. The number of benzene rings is 1. The first-order valence-electron chi connectivity index (χ1n) is 6.99. The van der Waals surface area contributed by atoms with E-state index in [1.54, 1.807) is 17.8 Å². The van der Waals surface area contributed by atoms with Crippen molar-refractivity contribution in [3.8, 4) is 11.6 Å². The summed E-state index contributed by atoms with van der Waals surface area (Å²) < 4.78 is 16.8. The summed E-state index contributed by atoms with van der Waals surface area (Å²) in [5, 5.41) is 7.73. The van der Waals surface area contributed by atoms with Crippen LogP contribution in [0.5, 0.6) is 5.88 Å². The standard InChI is InChI=1S/C16H15N3O4/c1-11(22-16(20)14-10-15(21-2)18-23-14)12-4-6-13(7-5-12)19-9-3-8-17-19/h3-11H,1-2H3/t11-/m1/s1. The monoisotopic (exact) mass is 313 g/mol. The second-order valence-electron chi connectivity index (χ2n) is 4.82. The Morgan fingerprint density at radius 3 is 2.70 bits per heavy atom. The van der Waals surface area contributed by atoms with E-state index >= 15 is 0 Å². The number of hydrogen-bond donors (Lipinski definition) is 0. The highest BCUT2D eigenvalue weighted by Gasteiger charge is 2.19. The van der Waals surface area contributed by atoms with E-state index in [9.17, 15) is 4.79 Å². The summed E-state index contributed by atoms with van der Waals surface area (Å²) in [6, 6.07) is 10.8. The minimum absolute atomic E-state index is 0.00172. The Morgan fingerprint density at radius 2 is 2.09 bits per heavy atom. The molecule has 2 aromatic heterocycles. The van der Waals surface area contributed by atoms with E-state index in [2.05, 4.69) is 10.3 Å². The summed E-state index contributed by atoms with van der Waals surface area (Å²) in [6.45, 7) is 1.79. The Morgan fingerprint density at radius 1 is 1.30 bits per heavy atom. The third kappa shape index (κ3) is 3.23. The van der Waals surface area contributed by atoms with Crippen LogP contribution in [0, 0.1) is 0 Å². The summed E-state index contributed by atoms with van der Waals surface area (Å²) >= 11 is 0. The third-order valence-electron chi connectivity index (χ3n) is 3.31. The molecule has 2 heterocycles. The van der Waals surface area contributed by atoms with Gasteiger partial charge in [-0.3, -0.25) is 0 Å². The van der Waals surface area contributed by atoms with Crippen LogP contribution in [0.1, 0.15) is 29.1 Å². The maximum Gasteiger partial charge on any atom is 0.377 e. The van der Waals surface area contributed by atoms with E-state index in [1.807, 2.05) is 36.5 Å². The van der Waals surface area contributed by atoms with Gasteiger partial charge in [-0.05, 0) is 35.8 Å². The van der Waals surface area contributed by atoms with Crippen molar-refractivity contribution >= 4 is 5.97 Å². The molecule has 0 radical (unpaired) electrons. The SMILES string of the molecule is COc1cc(C(=O)O[C@H](C)c2ccc(-n3cccn3)cc2)on1. The van der Waals surface area contributed by atoms with Crippen molar-refractivity contribution in [3.05, 3.63) is 60.1 Å². The van der Waals surface area contributed by atoms with Gasteiger partial charge in [-0.15, -0.1) is 0 Å². The Kier molecular flexibility index (Phi) is 4.09. The van der Waals surface area contributed by atoms with Gasteiger partial charge in [0.15, 0.2) is 0 Å². The van der Waals surface area contributed by atoms with Crippen molar-refractivity contribution in [2.24, 2.45) is 0 Å². The molecule has 1 aromatic carbocycles. The fourth-order valence-electron chi connectivity index (χ4n) is 2.06. The van der Waals surface area contributed by atoms with Crippen LogP contribution in [0.3, 0.4) is 0 Å². The molecule has 0 N–H and O–H groups in total. The highest BCUT2D eigenvalue weighted by atomic mass is 16.6. The van der Waals surface area contributed by atoms with Gasteiger partial charge in [0.25, 0.3) is 5.88 Å². The van der Waals surface area contributed by atoms with Crippen molar-refractivity contribution < 1.29 is 18.8 Å². The smallest absolute Gasteiger partial charge is 0.377 e. The normalized spacial score (nSPS) is 11.9. The van der Waals surface area contributed by atoms with Gasteiger partial charge < -0.3 is 14.0 Å². The van der Waals surface area contributed by atoms with Crippen LogP contribution in [0.25, 0.3) is 5.69 Å². The molecule has 118 valence electrons. The summed E-state index contributed by atoms with van der Waals surface area (Å²) in [4.78, 5) is 12.0. The van der Waals surface area contributed by atoms with Crippen molar-refractivity contribution in [2.75, 3.05) is 7.11 Å². The van der Waals surface area contributed by atoms with Gasteiger partial charge in [0.1, 0.15) is 6.10 Å². The molecule has 7 heteroatoms. The number of hydrogen-bond acceptors (Lipinski definition) is 6. The molecular weight excluding hydrogens is 298 g/mol. The number of rotatable bonds is 5. The lowest BCUT2D eigenvalue weighted by Crippen LogP contribution is -2.08. The number of carbonyl (C=O) groups excluding carboxylic acids is 1. The first kappa shape index (κ1) is 14.8. The molecule has 0 spiro atoms. The van der Waals surface area contributed by atoms with Crippen LogP contribution in [0.4, 0.5) is 0 Å². The second-order valence-corrected chi connectivity index (χ2v) is 4.82. The summed E-state index contributed by atoms with van der Waals surface area (Å²) in [5.74, 6) is -0.362. The fourth-order valence-corrected chi connectivity index (χ4v) is 2.06. The van der Waals surface area contributed by atoms with E-state index in [1.165, 1.54) is 13.2 Å². The molecule has 3 rings (SSSR count). The van der Waals surface area contributed by atoms with Crippen LogP contribution < -0.4 is 4.74 Å². The maximum absolute atomic E-state index is 12.0. The predicted octanol–water partition coefficient (Wildman–Crippen LogP) is 2.79. The highest BCUT2D eigenvalue weighted by molar-refractivity contribution is 5.86. The highest BCUT2D eigenvalue weighted by Crippen LogP contribution is 2.21. The van der Waals surface area contributed by atoms with E-state index < -0.39 is 12.1 Å². The third-order valence-corrected chi connectivity index (χ3v) is 3.31. The quantitative estimate of drug-likeness (QED) is 0.674. The van der Waals surface area contributed by atoms with Crippen LogP contribution >= 0.6 is 0 Å². The zero-order chi connectivity index (χ0) is 16.2. The van der Waals surface area contributed by atoms with Crippen molar-refractivity contribution in [1.29, 1.82) is 0 Å². The Balaban J connectivity index is 1.68. The summed E-state index contributed by atoms with van der Waals surface area (Å²) in [7, 11) is 1.44. The molecule has 0 bridgehead atoms. The molecule has 0 amide bonds. The average Bonchev–Trinajstić information content (AvgIpc) is 3.26. The lowest BCUT2D eigenvalue weighted by molar-refractivity contribution is 0.0291. The predicted molar refractivity (Wildman–Crippen MR) is 80.4 cm³/mol. The summed E-state index contributed by atoms with van der Waals surface area (Å²) in [6.07, 6.45) is 3.14. The van der Waals surface area contributed by atoms with Crippen LogP contribution in [-0.2, 0) is 4.74 Å². The van der Waals surface area contributed by atoms with Crippen LogP contribution in [0.2, 0.25) is 0 Å². The molecule has 1 atom stereocenters. The average molecular weight is 313 g/mol. The van der Waals surface area contributed by atoms with Gasteiger partial charge in [-0.25, -0.2) is 9.48 Å². The lowest BCUT2D eigenvalue weighted by atomic mass is 10.1. The molecule has 0 saturated heterocycles. The van der Waals surface area contributed by atoms with Crippen LogP contribution in [0.15, 0.2) is 53.3 Å². The minimum Gasteiger partial charge on any atom is -0.479 e. The van der Waals surface area contributed by atoms with E-state index in [4.69, 9.17) is 14.0 Å². The molecule has 0 aliphatic carbocycles. The number of carbonyl (C=O) groups is 1. The zero-order valence-corrected chi connectivity index (χ0v) is 12.7. The Labute approximate surface area is 132 Å². The first-order chi connectivity index (χ1) is 11.2. The van der Waals surface area contributed by atoms with Gasteiger partial charge in [-0.1, -0.05) is 12.1 Å². The lowest BCUT2D eigenvalue weighted by Gasteiger charge is -2.13. The number of ether oxygens (including phenoxy) is 2. The van der Waals surface area contributed by atoms with Gasteiger partial charge in [0, 0.05) is 12.4 Å². The molecule has 0 aliphatic heterocycles. The molecule has 23 heavy (non-hydrogen) atoms. The molecule has 0 saturated carbocycles. The topological polar surface area (TPSA) is 79.4 Å². The number of nitrogens with zero attached hydrogens (tertiary/aromatic N) is 3. The minimum atomic E-state index is -0.593. The van der Waals surface area contributed by atoms with Gasteiger partial charge in [-0.2, -0.15) is 5.10 Å². The van der Waals surface area contributed by atoms with Crippen molar-refractivity contribution in [2.45, 2.75) is 13.0 Å². The van der Waals surface area contributed by atoms with E-state index in [0.717, 1.165) is 11.3 Å². The van der Waals surface area contributed by atoms with E-state index in [0.29, 0.717) is 0 Å². The molecule has 0 unspecified atom stereocenters. The summed E-state index contributed by atoms with van der Waals surface area (Å²) in [5.41, 5.74) is 1.79. The maximum atomic E-state index is 12.0. The number of esters is 1. The Bertz CT molecular complexity index is 778. The molecule has 0 aliphatic rings. The largest absolute Gasteiger partial charge is 0.479 e.